The van der Waals surface area contributed by atoms with Crippen molar-refractivity contribution in [3.8, 4) is 17.1 Å². The van der Waals surface area contributed by atoms with Gasteiger partial charge < -0.3 is 14.5 Å². The SMILES string of the molecule is COc1ccc(-c2nnc(SC(C)C(=O)NC(C)c3ccccc3)n2Cc2ccco2)cc1. The van der Waals surface area contributed by atoms with Crippen LogP contribution in [0.1, 0.15) is 31.2 Å². The summed E-state index contributed by atoms with van der Waals surface area (Å²) < 4.78 is 12.8. The van der Waals surface area contributed by atoms with Gasteiger partial charge in [0.2, 0.25) is 5.91 Å². The number of aromatic nitrogens is 3. The summed E-state index contributed by atoms with van der Waals surface area (Å²) in [6.45, 7) is 4.31. The summed E-state index contributed by atoms with van der Waals surface area (Å²) in [5.74, 6) is 2.18. The first-order valence-electron chi connectivity index (χ1n) is 10.7. The highest BCUT2D eigenvalue weighted by atomic mass is 32.2. The molecule has 1 amide bonds. The van der Waals surface area contributed by atoms with Crippen LogP contribution in [0.3, 0.4) is 0 Å². The van der Waals surface area contributed by atoms with E-state index in [1.165, 1.54) is 11.8 Å². The molecule has 4 aromatic rings. The maximum absolute atomic E-state index is 12.9. The van der Waals surface area contributed by atoms with Crippen LogP contribution in [0.25, 0.3) is 11.4 Å². The summed E-state index contributed by atoms with van der Waals surface area (Å²) in [6.07, 6.45) is 1.64. The Hall–Kier alpha value is -3.52. The summed E-state index contributed by atoms with van der Waals surface area (Å²) in [7, 11) is 1.63. The lowest BCUT2D eigenvalue weighted by molar-refractivity contribution is -0.120. The van der Waals surface area contributed by atoms with Gasteiger partial charge >= 0.3 is 0 Å². The van der Waals surface area contributed by atoms with Crippen molar-refractivity contribution in [3.05, 3.63) is 84.3 Å². The normalized spacial score (nSPS) is 12.8. The zero-order valence-electron chi connectivity index (χ0n) is 18.8. The molecule has 2 atom stereocenters. The first-order valence-corrected chi connectivity index (χ1v) is 11.5. The average Bonchev–Trinajstić information content (AvgIpc) is 3.50. The third-order valence-electron chi connectivity index (χ3n) is 5.27. The molecule has 4 rings (SSSR count). The molecule has 0 fully saturated rings. The van der Waals surface area contributed by atoms with Gasteiger partial charge in [-0.3, -0.25) is 9.36 Å². The third-order valence-corrected chi connectivity index (χ3v) is 6.35. The molecule has 2 aromatic heterocycles. The number of amides is 1. The Morgan fingerprint density at radius 3 is 2.48 bits per heavy atom. The highest BCUT2D eigenvalue weighted by Gasteiger charge is 2.23. The summed E-state index contributed by atoms with van der Waals surface area (Å²) >= 11 is 1.37. The van der Waals surface area contributed by atoms with Crippen molar-refractivity contribution in [2.24, 2.45) is 0 Å². The topological polar surface area (TPSA) is 82.2 Å². The second-order valence-electron chi connectivity index (χ2n) is 7.60. The summed E-state index contributed by atoms with van der Waals surface area (Å²) in [5, 5.41) is 12.2. The van der Waals surface area contributed by atoms with Crippen molar-refractivity contribution in [2.45, 2.75) is 36.8 Å². The fraction of sp³-hybridized carbons (Fsp3) is 0.240. The van der Waals surface area contributed by atoms with Gasteiger partial charge in [-0.25, -0.2) is 0 Å². The van der Waals surface area contributed by atoms with Gasteiger partial charge in [-0.1, -0.05) is 42.1 Å². The minimum Gasteiger partial charge on any atom is -0.497 e. The second kappa shape index (κ2) is 10.4. The number of hydrogen-bond donors (Lipinski definition) is 1. The van der Waals surface area contributed by atoms with Crippen LogP contribution >= 0.6 is 11.8 Å². The molecule has 170 valence electrons. The van der Waals surface area contributed by atoms with Crippen LogP contribution in [0.15, 0.2) is 82.6 Å². The van der Waals surface area contributed by atoms with Crippen molar-refractivity contribution >= 4 is 17.7 Å². The number of carbonyl (C=O) groups excluding carboxylic acids is 1. The Balaban J connectivity index is 1.54. The molecule has 2 unspecified atom stereocenters. The maximum Gasteiger partial charge on any atom is 0.233 e. The van der Waals surface area contributed by atoms with Crippen LogP contribution in [0.2, 0.25) is 0 Å². The lowest BCUT2D eigenvalue weighted by atomic mass is 10.1. The summed E-state index contributed by atoms with van der Waals surface area (Å²) in [5.41, 5.74) is 1.96. The molecule has 0 saturated heterocycles. The minimum absolute atomic E-state index is 0.0603. The van der Waals surface area contributed by atoms with Crippen molar-refractivity contribution in [1.29, 1.82) is 0 Å². The molecule has 0 saturated carbocycles. The smallest absolute Gasteiger partial charge is 0.233 e. The van der Waals surface area contributed by atoms with E-state index in [1.54, 1.807) is 13.4 Å². The van der Waals surface area contributed by atoms with E-state index >= 15 is 0 Å². The van der Waals surface area contributed by atoms with Gasteiger partial charge in [-0.05, 0) is 55.8 Å². The number of furan rings is 1. The Kier molecular flexibility index (Phi) is 7.14. The fourth-order valence-electron chi connectivity index (χ4n) is 3.40. The number of carbonyl (C=O) groups is 1. The monoisotopic (exact) mass is 462 g/mol. The number of ether oxygens (including phenoxy) is 1. The number of hydrogen-bond acceptors (Lipinski definition) is 6. The van der Waals surface area contributed by atoms with E-state index in [0.717, 1.165) is 22.6 Å². The molecular formula is C25H26N4O3S. The highest BCUT2D eigenvalue weighted by molar-refractivity contribution is 8.00. The highest BCUT2D eigenvalue weighted by Crippen LogP contribution is 2.29. The largest absolute Gasteiger partial charge is 0.497 e. The molecule has 0 aliphatic rings. The standard InChI is InChI=1S/C25H26N4O3S/c1-17(19-8-5-4-6-9-19)26-24(30)18(2)33-25-28-27-23(20-11-13-21(31-3)14-12-20)29(25)16-22-10-7-15-32-22/h4-15,17-18H,16H2,1-3H3,(H,26,30). The average molecular weight is 463 g/mol. The molecule has 2 aromatic carbocycles. The van der Waals surface area contributed by atoms with E-state index in [1.807, 2.05) is 85.1 Å². The predicted molar refractivity (Wildman–Crippen MR) is 128 cm³/mol. The Labute approximate surface area is 197 Å². The van der Waals surface area contributed by atoms with Gasteiger partial charge in [0.15, 0.2) is 11.0 Å². The Bertz CT molecular complexity index is 1170. The maximum atomic E-state index is 12.9. The van der Waals surface area contributed by atoms with Gasteiger partial charge in [-0.2, -0.15) is 0 Å². The lowest BCUT2D eigenvalue weighted by Gasteiger charge is -2.18. The van der Waals surface area contributed by atoms with Crippen LogP contribution < -0.4 is 10.1 Å². The molecule has 0 spiro atoms. The van der Waals surface area contributed by atoms with E-state index in [2.05, 4.69) is 15.5 Å². The Morgan fingerprint density at radius 1 is 1.06 bits per heavy atom. The molecule has 0 aliphatic carbocycles. The van der Waals surface area contributed by atoms with Crippen LogP contribution in [-0.4, -0.2) is 33.0 Å². The van der Waals surface area contributed by atoms with Crippen molar-refractivity contribution in [1.82, 2.24) is 20.1 Å². The van der Waals surface area contributed by atoms with Crippen molar-refractivity contribution in [2.75, 3.05) is 7.11 Å². The molecule has 0 bridgehead atoms. The minimum atomic E-state index is -0.362. The molecule has 0 aliphatic heterocycles. The first-order chi connectivity index (χ1) is 16.0. The molecular weight excluding hydrogens is 436 g/mol. The van der Waals surface area contributed by atoms with Gasteiger partial charge in [0.1, 0.15) is 11.5 Å². The molecule has 33 heavy (non-hydrogen) atoms. The van der Waals surface area contributed by atoms with Crippen LogP contribution in [0.4, 0.5) is 0 Å². The van der Waals surface area contributed by atoms with Crippen LogP contribution in [0, 0.1) is 0 Å². The molecule has 1 N–H and O–H groups in total. The molecule has 8 heteroatoms. The number of benzene rings is 2. The van der Waals surface area contributed by atoms with Gasteiger partial charge in [-0.15, -0.1) is 10.2 Å². The first kappa shape index (κ1) is 22.7. The quantitative estimate of drug-likeness (QED) is 0.354. The van der Waals surface area contributed by atoms with E-state index in [0.29, 0.717) is 17.5 Å². The third kappa shape index (κ3) is 5.46. The number of nitrogens with zero attached hydrogens (tertiary/aromatic N) is 3. The lowest BCUT2D eigenvalue weighted by Crippen LogP contribution is -2.33. The van der Waals surface area contributed by atoms with E-state index < -0.39 is 0 Å². The van der Waals surface area contributed by atoms with Gasteiger partial charge in [0.05, 0.1) is 31.2 Å². The van der Waals surface area contributed by atoms with Crippen molar-refractivity contribution in [3.63, 3.8) is 0 Å². The number of methoxy groups -OCH3 is 1. The van der Waals surface area contributed by atoms with Crippen LogP contribution in [-0.2, 0) is 11.3 Å². The fourth-order valence-corrected chi connectivity index (χ4v) is 4.26. The summed E-state index contributed by atoms with van der Waals surface area (Å²) in [4.78, 5) is 12.9. The zero-order chi connectivity index (χ0) is 23.2. The number of rotatable bonds is 9. The van der Waals surface area contributed by atoms with Gasteiger partial charge in [0, 0.05) is 5.56 Å². The second-order valence-corrected chi connectivity index (χ2v) is 8.91. The molecule has 0 radical (unpaired) electrons. The van der Waals surface area contributed by atoms with Crippen LogP contribution in [0.5, 0.6) is 5.75 Å². The van der Waals surface area contributed by atoms with E-state index in [-0.39, 0.29) is 17.2 Å². The Morgan fingerprint density at radius 2 is 1.82 bits per heavy atom. The molecule has 2 heterocycles. The van der Waals surface area contributed by atoms with Crippen molar-refractivity contribution < 1.29 is 13.9 Å². The van der Waals surface area contributed by atoms with Gasteiger partial charge in [0.25, 0.3) is 0 Å². The number of nitrogens with one attached hydrogen (secondary N) is 1. The molecule has 7 nitrogen and oxygen atoms in total. The number of thioether (sulfide) groups is 1. The zero-order valence-corrected chi connectivity index (χ0v) is 19.6. The van der Waals surface area contributed by atoms with E-state index in [9.17, 15) is 4.79 Å². The predicted octanol–water partition coefficient (Wildman–Crippen LogP) is 4.95. The summed E-state index contributed by atoms with van der Waals surface area (Å²) in [6, 6.07) is 21.2. The van der Waals surface area contributed by atoms with E-state index in [4.69, 9.17) is 9.15 Å².